The number of hydrogen-bond acceptors (Lipinski definition) is 2. The molecule has 0 aliphatic carbocycles. The molecule has 0 unspecified atom stereocenters. The molecule has 1 heterocycles. The van der Waals surface area contributed by atoms with Crippen LogP contribution in [0.4, 0.5) is 13.2 Å². The summed E-state index contributed by atoms with van der Waals surface area (Å²) < 4.78 is 37.7. The van der Waals surface area contributed by atoms with Gasteiger partial charge in [0.05, 0.1) is 16.3 Å². The lowest BCUT2D eigenvalue weighted by Gasteiger charge is -2.09. The van der Waals surface area contributed by atoms with Crippen molar-refractivity contribution in [3.63, 3.8) is 0 Å². The molecule has 0 N–H and O–H groups in total. The standard InChI is InChI=1S/C11H5Cl2F3N2/c12-8-2-1-6(11(14,15)16)5-7(8)9-3-4-10(13)18-17-9/h1-5H. The number of aromatic nitrogens is 2. The van der Waals surface area contributed by atoms with E-state index in [1.165, 1.54) is 18.2 Å². The van der Waals surface area contributed by atoms with Gasteiger partial charge in [-0.15, -0.1) is 10.2 Å². The van der Waals surface area contributed by atoms with Crippen molar-refractivity contribution < 1.29 is 13.2 Å². The fourth-order valence-corrected chi connectivity index (χ4v) is 1.67. The van der Waals surface area contributed by atoms with Crippen LogP contribution < -0.4 is 0 Å². The van der Waals surface area contributed by atoms with E-state index in [1.807, 2.05) is 0 Å². The highest BCUT2D eigenvalue weighted by Gasteiger charge is 2.31. The molecule has 2 rings (SSSR count). The molecule has 0 saturated heterocycles. The number of hydrogen-bond donors (Lipinski definition) is 0. The van der Waals surface area contributed by atoms with Gasteiger partial charge in [0.1, 0.15) is 0 Å². The van der Waals surface area contributed by atoms with E-state index in [-0.39, 0.29) is 21.4 Å². The van der Waals surface area contributed by atoms with Gasteiger partial charge in [-0.3, -0.25) is 0 Å². The zero-order valence-electron chi connectivity index (χ0n) is 8.67. The van der Waals surface area contributed by atoms with Crippen molar-refractivity contribution in [2.45, 2.75) is 6.18 Å². The lowest BCUT2D eigenvalue weighted by Crippen LogP contribution is -2.05. The Kier molecular flexibility index (Phi) is 3.45. The van der Waals surface area contributed by atoms with E-state index in [1.54, 1.807) is 0 Å². The molecule has 2 nitrogen and oxygen atoms in total. The van der Waals surface area contributed by atoms with Crippen LogP contribution in [0.3, 0.4) is 0 Å². The normalized spacial score (nSPS) is 11.6. The Balaban J connectivity index is 2.53. The third-order valence-electron chi connectivity index (χ3n) is 2.20. The number of alkyl halides is 3. The lowest BCUT2D eigenvalue weighted by molar-refractivity contribution is -0.137. The molecule has 0 spiro atoms. The molecule has 1 aromatic carbocycles. The summed E-state index contributed by atoms with van der Waals surface area (Å²) in [5.41, 5.74) is -0.398. The van der Waals surface area contributed by atoms with E-state index >= 15 is 0 Å². The fraction of sp³-hybridized carbons (Fsp3) is 0.0909. The molecule has 0 radical (unpaired) electrons. The van der Waals surface area contributed by atoms with Gasteiger partial charge >= 0.3 is 6.18 Å². The quantitative estimate of drug-likeness (QED) is 0.775. The zero-order chi connectivity index (χ0) is 13.3. The molecule has 0 saturated carbocycles. The SMILES string of the molecule is FC(F)(F)c1ccc(Cl)c(-c2ccc(Cl)nn2)c1. The van der Waals surface area contributed by atoms with Gasteiger partial charge in [0.25, 0.3) is 0 Å². The molecule has 18 heavy (non-hydrogen) atoms. The number of nitrogens with zero attached hydrogens (tertiary/aromatic N) is 2. The minimum Gasteiger partial charge on any atom is -0.166 e. The molecule has 0 fully saturated rings. The molecule has 0 atom stereocenters. The van der Waals surface area contributed by atoms with Crippen LogP contribution in [-0.2, 0) is 6.18 Å². The van der Waals surface area contributed by atoms with E-state index < -0.39 is 11.7 Å². The first-order chi connectivity index (χ1) is 8.38. The summed E-state index contributed by atoms with van der Waals surface area (Å²) in [6, 6.07) is 5.91. The van der Waals surface area contributed by atoms with Gasteiger partial charge in [0, 0.05) is 5.56 Å². The molecular weight excluding hydrogens is 288 g/mol. The minimum atomic E-state index is -4.43. The highest BCUT2D eigenvalue weighted by atomic mass is 35.5. The maximum Gasteiger partial charge on any atom is 0.416 e. The second-order valence-electron chi connectivity index (χ2n) is 3.43. The third kappa shape index (κ3) is 2.73. The molecule has 7 heteroatoms. The zero-order valence-corrected chi connectivity index (χ0v) is 10.2. The van der Waals surface area contributed by atoms with Crippen molar-refractivity contribution in [3.8, 4) is 11.3 Å². The summed E-state index contributed by atoms with van der Waals surface area (Å²) in [5, 5.41) is 7.58. The Bertz CT molecular complexity index is 567. The summed E-state index contributed by atoms with van der Waals surface area (Å²) in [6.07, 6.45) is -4.43. The third-order valence-corrected chi connectivity index (χ3v) is 2.73. The fourth-order valence-electron chi connectivity index (χ4n) is 1.36. The van der Waals surface area contributed by atoms with E-state index in [0.29, 0.717) is 0 Å². The molecule has 2 aromatic rings. The van der Waals surface area contributed by atoms with Crippen molar-refractivity contribution in [1.29, 1.82) is 0 Å². The number of rotatable bonds is 1. The first-order valence-electron chi connectivity index (χ1n) is 4.74. The van der Waals surface area contributed by atoms with Gasteiger partial charge in [-0.05, 0) is 30.3 Å². The van der Waals surface area contributed by atoms with E-state index in [4.69, 9.17) is 23.2 Å². The Morgan fingerprint density at radius 1 is 0.944 bits per heavy atom. The van der Waals surface area contributed by atoms with E-state index in [0.717, 1.165) is 12.1 Å². The van der Waals surface area contributed by atoms with Gasteiger partial charge in [-0.25, -0.2) is 0 Å². The first kappa shape index (κ1) is 13.1. The highest BCUT2D eigenvalue weighted by molar-refractivity contribution is 6.33. The molecule has 0 aliphatic rings. The minimum absolute atomic E-state index is 0.154. The second-order valence-corrected chi connectivity index (χ2v) is 4.23. The summed E-state index contributed by atoms with van der Waals surface area (Å²) in [5.74, 6) is 0. The Morgan fingerprint density at radius 3 is 2.22 bits per heavy atom. The van der Waals surface area contributed by atoms with Gasteiger partial charge in [0.15, 0.2) is 5.15 Å². The number of halogens is 5. The van der Waals surface area contributed by atoms with Gasteiger partial charge < -0.3 is 0 Å². The van der Waals surface area contributed by atoms with Gasteiger partial charge in [-0.2, -0.15) is 13.2 Å². The first-order valence-corrected chi connectivity index (χ1v) is 5.50. The average molecular weight is 293 g/mol. The van der Waals surface area contributed by atoms with Crippen LogP contribution >= 0.6 is 23.2 Å². The van der Waals surface area contributed by atoms with Crippen molar-refractivity contribution in [2.24, 2.45) is 0 Å². The Hall–Kier alpha value is -1.33. The maximum atomic E-state index is 12.6. The van der Waals surface area contributed by atoms with Crippen LogP contribution in [-0.4, -0.2) is 10.2 Å². The van der Waals surface area contributed by atoms with Crippen molar-refractivity contribution in [1.82, 2.24) is 10.2 Å². The average Bonchev–Trinajstić information content (AvgIpc) is 2.29. The monoisotopic (exact) mass is 292 g/mol. The largest absolute Gasteiger partial charge is 0.416 e. The van der Waals surface area contributed by atoms with E-state index in [2.05, 4.69) is 10.2 Å². The molecule has 94 valence electrons. The summed E-state index contributed by atoms with van der Waals surface area (Å²) in [6.45, 7) is 0. The predicted molar refractivity (Wildman–Crippen MR) is 62.5 cm³/mol. The van der Waals surface area contributed by atoms with E-state index in [9.17, 15) is 13.2 Å². The van der Waals surface area contributed by atoms with Gasteiger partial charge in [0.2, 0.25) is 0 Å². The Labute approximate surface area is 110 Å². The van der Waals surface area contributed by atoms with Crippen LogP contribution in [0.2, 0.25) is 10.2 Å². The van der Waals surface area contributed by atoms with Crippen LogP contribution in [0.1, 0.15) is 5.56 Å². The predicted octanol–water partition coefficient (Wildman–Crippen LogP) is 4.47. The highest BCUT2D eigenvalue weighted by Crippen LogP contribution is 2.35. The van der Waals surface area contributed by atoms with Crippen LogP contribution in [0.5, 0.6) is 0 Å². The topological polar surface area (TPSA) is 25.8 Å². The van der Waals surface area contributed by atoms with Crippen LogP contribution in [0, 0.1) is 0 Å². The van der Waals surface area contributed by atoms with Crippen LogP contribution in [0.25, 0.3) is 11.3 Å². The number of benzene rings is 1. The van der Waals surface area contributed by atoms with Gasteiger partial charge in [-0.1, -0.05) is 23.2 Å². The van der Waals surface area contributed by atoms with Crippen molar-refractivity contribution in [3.05, 3.63) is 46.1 Å². The molecular formula is C11H5Cl2F3N2. The molecule has 0 amide bonds. The summed E-state index contributed by atoms with van der Waals surface area (Å²) >= 11 is 11.4. The van der Waals surface area contributed by atoms with Crippen molar-refractivity contribution in [2.75, 3.05) is 0 Å². The smallest absolute Gasteiger partial charge is 0.166 e. The maximum absolute atomic E-state index is 12.6. The molecule has 0 aliphatic heterocycles. The molecule has 1 aromatic heterocycles. The second kappa shape index (κ2) is 4.74. The Morgan fingerprint density at radius 2 is 1.67 bits per heavy atom. The lowest BCUT2D eigenvalue weighted by atomic mass is 10.1. The van der Waals surface area contributed by atoms with Crippen molar-refractivity contribution >= 4 is 23.2 Å². The molecule has 0 bridgehead atoms. The summed E-state index contributed by atoms with van der Waals surface area (Å²) in [4.78, 5) is 0. The summed E-state index contributed by atoms with van der Waals surface area (Å²) in [7, 11) is 0. The van der Waals surface area contributed by atoms with Crippen LogP contribution in [0.15, 0.2) is 30.3 Å².